The van der Waals surface area contributed by atoms with E-state index in [1.54, 1.807) is 6.21 Å². The maximum atomic E-state index is 12.1. The number of fused-ring (bicyclic) bond motifs is 1. The van der Waals surface area contributed by atoms with Crippen LogP contribution in [0.2, 0.25) is 0 Å². The lowest BCUT2D eigenvalue weighted by Gasteiger charge is -2.08. The second kappa shape index (κ2) is 9.69. The van der Waals surface area contributed by atoms with Crippen LogP contribution < -0.4 is 10.7 Å². The van der Waals surface area contributed by atoms with Gasteiger partial charge in [-0.05, 0) is 41.0 Å². The van der Waals surface area contributed by atoms with Gasteiger partial charge in [0, 0.05) is 11.1 Å². The van der Waals surface area contributed by atoms with Crippen LogP contribution in [0.1, 0.15) is 37.8 Å². The van der Waals surface area contributed by atoms with Gasteiger partial charge in [0.15, 0.2) is 0 Å². The molecule has 148 valence electrons. The van der Waals surface area contributed by atoms with Crippen molar-refractivity contribution in [3.8, 4) is 0 Å². The van der Waals surface area contributed by atoms with Crippen LogP contribution in [-0.4, -0.2) is 18.7 Å². The first-order chi connectivity index (χ1) is 14.0. The molecule has 0 saturated heterocycles. The van der Waals surface area contributed by atoms with Gasteiger partial charge in [0.1, 0.15) is 0 Å². The van der Waals surface area contributed by atoms with Crippen LogP contribution in [0.3, 0.4) is 0 Å². The van der Waals surface area contributed by atoms with Gasteiger partial charge in [0.05, 0.1) is 12.8 Å². The van der Waals surface area contributed by atoms with E-state index in [-0.39, 0.29) is 12.5 Å². The third-order valence-corrected chi connectivity index (χ3v) is 4.68. The zero-order valence-electron chi connectivity index (χ0n) is 17.1. The van der Waals surface area contributed by atoms with Gasteiger partial charge >= 0.3 is 0 Å². The van der Waals surface area contributed by atoms with Crippen LogP contribution >= 0.6 is 0 Å². The van der Waals surface area contributed by atoms with Crippen molar-refractivity contribution in [2.75, 3.05) is 11.9 Å². The number of rotatable bonds is 7. The molecule has 2 N–H and O–H groups in total. The molecule has 0 aliphatic carbocycles. The van der Waals surface area contributed by atoms with Crippen LogP contribution in [0.25, 0.3) is 16.8 Å². The molecule has 0 fully saturated rings. The quantitative estimate of drug-likeness (QED) is 0.412. The van der Waals surface area contributed by atoms with Gasteiger partial charge < -0.3 is 5.32 Å². The van der Waals surface area contributed by atoms with Crippen molar-refractivity contribution in [3.05, 3.63) is 83.4 Å². The molecule has 4 nitrogen and oxygen atoms in total. The number of allylic oxidation sites excluding steroid dienone is 1. The summed E-state index contributed by atoms with van der Waals surface area (Å²) >= 11 is 0. The average molecular weight is 386 g/mol. The lowest BCUT2D eigenvalue weighted by atomic mass is 10.0. The summed E-state index contributed by atoms with van der Waals surface area (Å²) in [4.78, 5) is 12.1. The van der Waals surface area contributed by atoms with E-state index in [2.05, 4.69) is 66.1 Å². The van der Waals surface area contributed by atoms with Gasteiger partial charge in [-0.2, -0.15) is 5.10 Å². The molecule has 29 heavy (non-hydrogen) atoms. The van der Waals surface area contributed by atoms with Gasteiger partial charge in [-0.15, -0.1) is 0 Å². The largest absolute Gasteiger partial charge is 0.376 e. The van der Waals surface area contributed by atoms with Crippen molar-refractivity contribution < 1.29 is 4.79 Å². The molecule has 0 saturated carbocycles. The predicted octanol–water partition coefficient (Wildman–Crippen LogP) is 5.58. The Bertz CT molecular complexity index is 1030. The van der Waals surface area contributed by atoms with Gasteiger partial charge in [0.25, 0.3) is 5.91 Å². The highest BCUT2D eigenvalue weighted by Gasteiger charge is 2.03. The highest BCUT2D eigenvalue weighted by molar-refractivity contribution is 5.95. The van der Waals surface area contributed by atoms with Crippen molar-refractivity contribution in [1.82, 2.24) is 5.43 Å². The Balaban J connectivity index is 1.52. The molecule has 0 aromatic heterocycles. The standard InChI is InChI=1S/C25H27N3O/c1-18(2)21-13-11-20(12-14-21)15-19(3)16-27-28-25(29)17-26-24-10-6-8-22-7-4-5-9-23(22)24/h4-16,18,26H,17H2,1-3H3,(H,28,29)/b19-15-,27-16+. The number of benzene rings is 3. The SMILES string of the molecule is CC(=C/c1ccc(C(C)C)cc1)/C=N/NC(=O)CNc1cccc2ccccc12. The molecular weight excluding hydrogens is 358 g/mol. The van der Waals surface area contributed by atoms with Crippen molar-refractivity contribution >= 4 is 34.7 Å². The van der Waals surface area contributed by atoms with E-state index in [4.69, 9.17) is 0 Å². The Morgan fingerprint density at radius 1 is 1.00 bits per heavy atom. The van der Waals surface area contributed by atoms with Crippen LogP contribution in [-0.2, 0) is 4.79 Å². The van der Waals surface area contributed by atoms with Gasteiger partial charge in [-0.3, -0.25) is 4.79 Å². The molecular formula is C25H27N3O. The van der Waals surface area contributed by atoms with Gasteiger partial charge in [-0.25, -0.2) is 5.43 Å². The topological polar surface area (TPSA) is 53.5 Å². The molecule has 0 unspecified atom stereocenters. The summed E-state index contributed by atoms with van der Waals surface area (Å²) in [5, 5.41) is 9.46. The van der Waals surface area contributed by atoms with Crippen LogP contribution in [0.4, 0.5) is 5.69 Å². The molecule has 0 spiro atoms. The highest BCUT2D eigenvalue weighted by Crippen LogP contribution is 2.22. The third-order valence-electron chi connectivity index (χ3n) is 4.68. The minimum absolute atomic E-state index is 0.158. The minimum Gasteiger partial charge on any atom is -0.376 e. The van der Waals surface area contributed by atoms with Gasteiger partial charge in [-0.1, -0.05) is 80.6 Å². The molecule has 1 amide bonds. The Hall–Kier alpha value is -3.40. The van der Waals surface area contributed by atoms with Crippen LogP contribution in [0.5, 0.6) is 0 Å². The number of carbonyl (C=O) groups is 1. The number of anilines is 1. The van der Waals surface area contributed by atoms with E-state index in [1.165, 1.54) is 5.56 Å². The van der Waals surface area contributed by atoms with Crippen molar-refractivity contribution in [2.24, 2.45) is 5.10 Å². The molecule has 0 heterocycles. The van der Waals surface area contributed by atoms with Crippen molar-refractivity contribution in [2.45, 2.75) is 26.7 Å². The van der Waals surface area contributed by atoms with Gasteiger partial charge in [0.2, 0.25) is 0 Å². The zero-order chi connectivity index (χ0) is 20.6. The van der Waals surface area contributed by atoms with E-state index >= 15 is 0 Å². The normalized spacial score (nSPS) is 11.9. The molecule has 0 atom stereocenters. The smallest absolute Gasteiger partial charge is 0.259 e. The van der Waals surface area contributed by atoms with E-state index < -0.39 is 0 Å². The summed E-state index contributed by atoms with van der Waals surface area (Å²) in [5.74, 6) is 0.330. The molecule has 4 heteroatoms. The molecule has 3 aromatic carbocycles. The summed E-state index contributed by atoms with van der Waals surface area (Å²) in [6.07, 6.45) is 3.69. The minimum atomic E-state index is -0.191. The predicted molar refractivity (Wildman–Crippen MR) is 123 cm³/mol. The first kappa shape index (κ1) is 20.3. The van der Waals surface area contributed by atoms with Crippen LogP contribution in [0.15, 0.2) is 77.4 Å². The monoisotopic (exact) mass is 385 g/mol. The van der Waals surface area contributed by atoms with E-state index in [0.717, 1.165) is 27.6 Å². The Morgan fingerprint density at radius 2 is 1.72 bits per heavy atom. The number of amides is 1. The summed E-state index contributed by atoms with van der Waals surface area (Å²) < 4.78 is 0. The van der Waals surface area contributed by atoms with Crippen molar-refractivity contribution in [3.63, 3.8) is 0 Å². The maximum absolute atomic E-state index is 12.1. The second-order valence-electron chi connectivity index (χ2n) is 7.38. The van der Waals surface area contributed by atoms with Crippen molar-refractivity contribution in [1.29, 1.82) is 0 Å². The second-order valence-corrected chi connectivity index (χ2v) is 7.38. The molecule has 0 radical (unpaired) electrons. The summed E-state index contributed by atoms with van der Waals surface area (Å²) in [6.45, 7) is 6.48. The average Bonchev–Trinajstić information content (AvgIpc) is 2.72. The fourth-order valence-corrected chi connectivity index (χ4v) is 3.08. The zero-order valence-corrected chi connectivity index (χ0v) is 17.1. The van der Waals surface area contributed by atoms with E-state index in [0.29, 0.717) is 5.92 Å². The summed E-state index contributed by atoms with van der Waals surface area (Å²) in [7, 11) is 0. The molecule has 3 aromatic rings. The molecule has 3 rings (SSSR count). The van der Waals surface area contributed by atoms with E-state index in [9.17, 15) is 4.79 Å². The number of carbonyl (C=O) groups excluding carboxylic acids is 1. The number of nitrogens with zero attached hydrogens (tertiary/aromatic N) is 1. The maximum Gasteiger partial charge on any atom is 0.259 e. The first-order valence-corrected chi connectivity index (χ1v) is 9.85. The lowest BCUT2D eigenvalue weighted by Crippen LogP contribution is -2.25. The molecule has 0 aliphatic rings. The third kappa shape index (κ3) is 5.79. The van der Waals surface area contributed by atoms with Crippen LogP contribution in [0, 0.1) is 0 Å². The Labute approximate surface area is 172 Å². The number of nitrogens with one attached hydrogen (secondary N) is 2. The highest BCUT2D eigenvalue weighted by atomic mass is 16.2. The summed E-state index contributed by atoms with van der Waals surface area (Å²) in [5.41, 5.74) is 6.90. The lowest BCUT2D eigenvalue weighted by molar-refractivity contribution is -0.119. The number of hydrogen-bond donors (Lipinski definition) is 2. The fraction of sp³-hybridized carbons (Fsp3) is 0.200. The number of hydrogen-bond acceptors (Lipinski definition) is 3. The molecule has 0 bridgehead atoms. The molecule has 0 aliphatic heterocycles. The fourth-order valence-electron chi connectivity index (χ4n) is 3.08. The van der Waals surface area contributed by atoms with E-state index in [1.807, 2.05) is 43.3 Å². The Kier molecular flexibility index (Phi) is 6.80. The Morgan fingerprint density at radius 3 is 2.48 bits per heavy atom. The number of hydrazone groups is 1. The summed E-state index contributed by atoms with van der Waals surface area (Å²) in [6, 6.07) is 22.6. The first-order valence-electron chi connectivity index (χ1n) is 9.85.